The van der Waals surface area contributed by atoms with Gasteiger partial charge in [0.15, 0.2) is 0 Å². The molecule has 0 saturated carbocycles. The largest absolute Gasteiger partial charge is 0.478 e. The Morgan fingerprint density at radius 3 is 2.61 bits per heavy atom. The van der Waals surface area contributed by atoms with Crippen LogP contribution in [0.3, 0.4) is 0 Å². The fourth-order valence-electron chi connectivity index (χ4n) is 1.21. The van der Waals surface area contributed by atoms with Crippen LogP contribution >= 0.6 is 0 Å². The van der Waals surface area contributed by atoms with Gasteiger partial charge in [-0.15, -0.1) is 0 Å². The van der Waals surface area contributed by atoms with Gasteiger partial charge in [0.1, 0.15) is 17.6 Å². The number of nitrogens with zero attached hydrogens (tertiary/aromatic N) is 2. The Labute approximate surface area is 104 Å². The Bertz CT molecular complexity index is 480. The lowest BCUT2D eigenvalue weighted by Gasteiger charge is -2.19. The van der Waals surface area contributed by atoms with Crippen molar-refractivity contribution in [3.63, 3.8) is 0 Å². The van der Waals surface area contributed by atoms with E-state index >= 15 is 0 Å². The van der Waals surface area contributed by atoms with Crippen LogP contribution in [-0.2, 0) is 0 Å². The third-order valence-electron chi connectivity index (χ3n) is 2.10. The molecule has 0 bridgehead atoms. The highest BCUT2D eigenvalue weighted by atomic mass is 16.6. The lowest BCUT2D eigenvalue weighted by Crippen LogP contribution is -2.21. The third kappa shape index (κ3) is 3.69. The molecule has 0 amide bonds. The highest BCUT2D eigenvalue weighted by Gasteiger charge is 2.19. The molecular formula is C11H15N3O4. The van der Waals surface area contributed by atoms with Crippen molar-refractivity contribution in [3.8, 4) is 0 Å². The maximum Gasteiger partial charge on any atom is 0.339 e. The Kier molecular flexibility index (Phi) is 3.85. The summed E-state index contributed by atoms with van der Waals surface area (Å²) in [5, 5.41) is 22.4. The van der Waals surface area contributed by atoms with Crippen LogP contribution in [0.15, 0.2) is 12.3 Å². The quantitative estimate of drug-likeness (QED) is 0.629. The Morgan fingerprint density at radius 1 is 1.56 bits per heavy atom. The van der Waals surface area contributed by atoms with Crippen molar-refractivity contribution in [3.05, 3.63) is 27.9 Å². The van der Waals surface area contributed by atoms with Crippen molar-refractivity contribution in [2.45, 2.75) is 20.8 Å². The van der Waals surface area contributed by atoms with Crippen LogP contribution in [0.5, 0.6) is 0 Å². The molecule has 18 heavy (non-hydrogen) atoms. The SMILES string of the molecule is CC(C)(C)CNc1ncc([N+](=O)[O-])cc1C(=O)O. The second kappa shape index (κ2) is 4.99. The third-order valence-corrected chi connectivity index (χ3v) is 2.10. The van der Waals surface area contributed by atoms with Crippen LogP contribution in [0.1, 0.15) is 31.1 Å². The van der Waals surface area contributed by atoms with Crippen LogP contribution in [0.25, 0.3) is 0 Å². The summed E-state index contributed by atoms with van der Waals surface area (Å²) in [7, 11) is 0. The van der Waals surface area contributed by atoms with E-state index in [-0.39, 0.29) is 22.5 Å². The van der Waals surface area contributed by atoms with Gasteiger partial charge in [0, 0.05) is 12.6 Å². The topological polar surface area (TPSA) is 105 Å². The average molecular weight is 253 g/mol. The molecule has 0 aliphatic rings. The number of nitrogens with one attached hydrogen (secondary N) is 1. The maximum absolute atomic E-state index is 11.0. The molecule has 7 nitrogen and oxygen atoms in total. The van der Waals surface area contributed by atoms with Crippen molar-refractivity contribution in [1.29, 1.82) is 0 Å². The number of aromatic carboxylic acids is 1. The Balaban J connectivity index is 3.05. The second-order valence-electron chi connectivity index (χ2n) is 5.07. The predicted octanol–water partition coefficient (Wildman–Crippen LogP) is 2.15. The second-order valence-corrected chi connectivity index (χ2v) is 5.07. The summed E-state index contributed by atoms with van der Waals surface area (Å²) in [6.45, 7) is 6.45. The van der Waals surface area contributed by atoms with E-state index in [0.717, 1.165) is 12.3 Å². The molecule has 0 aliphatic heterocycles. The summed E-state index contributed by atoms with van der Waals surface area (Å²) in [6.07, 6.45) is 1.04. The highest BCUT2D eigenvalue weighted by Crippen LogP contribution is 2.21. The molecule has 0 saturated heterocycles. The highest BCUT2D eigenvalue weighted by molar-refractivity contribution is 5.93. The van der Waals surface area contributed by atoms with Gasteiger partial charge in [0.05, 0.1) is 4.92 Å². The monoisotopic (exact) mass is 253 g/mol. The fourth-order valence-corrected chi connectivity index (χ4v) is 1.21. The Hall–Kier alpha value is -2.18. The van der Waals surface area contributed by atoms with Crippen molar-refractivity contribution in [1.82, 2.24) is 4.98 Å². The zero-order chi connectivity index (χ0) is 13.9. The lowest BCUT2D eigenvalue weighted by atomic mass is 9.97. The first-order valence-electron chi connectivity index (χ1n) is 5.32. The summed E-state index contributed by atoms with van der Waals surface area (Å²) in [6, 6.07) is 1.00. The van der Waals surface area contributed by atoms with Gasteiger partial charge in [-0.3, -0.25) is 10.1 Å². The van der Waals surface area contributed by atoms with Crippen LogP contribution < -0.4 is 5.32 Å². The van der Waals surface area contributed by atoms with Gasteiger partial charge in [-0.1, -0.05) is 20.8 Å². The van der Waals surface area contributed by atoms with Crippen molar-refractivity contribution in [2.24, 2.45) is 5.41 Å². The van der Waals surface area contributed by atoms with Gasteiger partial charge in [-0.05, 0) is 5.41 Å². The molecule has 0 aliphatic carbocycles. The van der Waals surface area contributed by atoms with E-state index in [1.54, 1.807) is 0 Å². The number of carbonyl (C=O) groups is 1. The number of carboxylic acid groups (broad SMARTS) is 1. The smallest absolute Gasteiger partial charge is 0.339 e. The molecule has 7 heteroatoms. The first-order chi connectivity index (χ1) is 8.20. The molecule has 1 heterocycles. The van der Waals surface area contributed by atoms with E-state index in [1.165, 1.54) is 0 Å². The number of aromatic nitrogens is 1. The molecular weight excluding hydrogens is 238 g/mol. The van der Waals surface area contributed by atoms with Gasteiger partial charge in [-0.2, -0.15) is 0 Å². The minimum absolute atomic E-state index is 0.0563. The minimum atomic E-state index is -1.25. The summed E-state index contributed by atoms with van der Waals surface area (Å²) in [4.78, 5) is 24.7. The van der Waals surface area contributed by atoms with Crippen molar-refractivity contribution >= 4 is 17.5 Å². The molecule has 0 unspecified atom stereocenters. The molecule has 98 valence electrons. The van der Waals surface area contributed by atoms with E-state index in [1.807, 2.05) is 20.8 Å². The lowest BCUT2D eigenvalue weighted by molar-refractivity contribution is -0.385. The van der Waals surface area contributed by atoms with Crippen LogP contribution in [0.4, 0.5) is 11.5 Å². The molecule has 1 aromatic heterocycles. The molecule has 1 aromatic rings. The molecule has 0 atom stereocenters. The molecule has 0 fully saturated rings. The number of hydrogen-bond acceptors (Lipinski definition) is 5. The number of nitro groups is 1. The van der Waals surface area contributed by atoms with Gasteiger partial charge < -0.3 is 10.4 Å². The summed E-state index contributed by atoms with van der Waals surface area (Å²) in [5.74, 6) is -1.11. The van der Waals surface area contributed by atoms with Crippen molar-refractivity contribution in [2.75, 3.05) is 11.9 Å². The number of carboxylic acids is 1. The average Bonchev–Trinajstić information content (AvgIpc) is 2.24. The van der Waals surface area contributed by atoms with E-state index < -0.39 is 10.9 Å². The number of rotatable bonds is 4. The first-order valence-corrected chi connectivity index (χ1v) is 5.32. The molecule has 0 spiro atoms. The first kappa shape index (κ1) is 13.9. The van der Waals surface area contributed by atoms with E-state index in [0.29, 0.717) is 6.54 Å². The number of pyridine rings is 1. The van der Waals surface area contributed by atoms with Crippen molar-refractivity contribution < 1.29 is 14.8 Å². The van der Waals surface area contributed by atoms with E-state index in [9.17, 15) is 14.9 Å². The molecule has 0 radical (unpaired) electrons. The number of anilines is 1. The minimum Gasteiger partial charge on any atom is -0.478 e. The van der Waals surface area contributed by atoms with Gasteiger partial charge >= 0.3 is 5.97 Å². The zero-order valence-corrected chi connectivity index (χ0v) is 10.4. The van der Waals surface area contributed by atoms with Crippen LogP contribution in [0, 0.1) is 15.5 Å². The van der Waals surface area contributed by atoms with E-state index in [2.05, 4.69) is 10.3 Å². The fraction of sp³-hybridized carbons (Fsp3) is 0.455. The maximum atomic E-state index is 11.0. The van der Waals surface area contributed by atoms with Crippen LogP contribution in [0.2, 0.25) is 0 Å². The number of hydrogen-bond donors (Lipinski definition) is 2. The predicted molar refractivity (Wildman–Crippen MR) is 65.8 cm³/mol. The summed E-state index contributed by atoms with van der Waals surface area (Å²) < 4.78 is 0. The zero-order valence-electron chi connectivity index (χ0n) is 10.4. The normalized spacial score (nSPS) is 11.1. The van der Waals surface area contributed by atoms with Gasteiger partial charge in [0.2, 0.25) is 0 Å². The summed E-state index contributed by atoms with van der Waals surface area (Å²) in [5.41, 5.74) is -0.596. The Morgan fingerprint density at radius 2 is 2.17 bits per heavy atom. The van der Waals surface area contributed by atoms with Crippen LogP contribution in [-0.4, -0.2) is 27.5 Å². The standard InChI is InChI=1S/C11H15N3O4/c1-11(2,3)6-13-9-8(10(15)16)4-7(5-12-9)14(17)18/h4-5H,6H2,1-3H3,(H,12,13)(H,15,16). The van der Waals surface area contributed by atoms with Gasteiger partial charge in [0.25, 0.3) is 5.69 Å². The van der Waals surface area contributed by atoms with Gasteiger partial charge in [-0.25, -0.2) is 9.78 Å². The molecule has 0 aromatic carbocycles. The molecule has 2 N–H and O–H groups in total. The van der Waals surface area contributed by atoms with E-state index in [4.69, 9.17) is 5.11 Å². The molecule has 1 rings (SSSR count). The summed E-state index contributed by atoms with van der Waals surface area (Å²) >= 11 is 0.